The molecule has 0 amide bonds. The highest BCUT2D eigenvalue weighted by Gasteiger charge is 2.16. The normalized spacial score (nSPS) is 12.6. The minimum atomic E-state index is -0.773. The van der Waals surface area contributed by atoms with Crippen LogP contribution < -0.4 is 0 Å². The molecule has 0 spiro atoms. The molecule has 0 radical (unpaired) electrons. The van der Waals surface area contributed by atoms with Gasteiger partial charge in [-0.1, -0.05) is 381 Å². The van der Waals surface area contributed by atoms with E-state index in [1.54, 1.807) is 0 Å². The van der Waals surface area contributed by atoms with E-state index in [1.807, 2.05) is 0 Å². The number of rotatable bonds is 71. The van der Waals surface area contributed by atoms with E-state index in [-0.39, 0.29) is 25.2 Å². The highest BCUT2D eigenvalue weighted by Crippen LogP contribution is 2.19. The van der Waals surface area contributed by atoms with Crippen LogP contribution in [-0.2, 0) is 19.1 Å². The van der Waals surface area contributed by atoms with Crippen LogP contribution in [0.3, 0.4) is 0 Å². The third kappa shape index (κ3) is 73.5. The van der Waals surface area contributed by atoms with Crippen LogP contribution in [0.25, 0.3) is 0 Å². The number of carbonyl (C=O) groups excluding carboxylic acids is 2. The van der Waals surface area contributed by atoms with Crippen molar-refractivity contribution in [1.29, 1.82) is 0 Å². The van der Waals surface area contributed by atoms with Gasteiger partial charge in [-0.15, -0.1) is 0 Å². The van der Waals surface area contributed by atoms with Gasteiger partial charge in [0.15, 0.2) is 6.10 Å². The van der Waals surface area contributed by atoms with Crippen molar-refractivity contribution in [1.82, 2.24) is 0 Å². The lowest BCUT2D eigenvalue weighted by molar-refractivity contribution is -0.161. The number of hydrogen-bond donors (Lipinski definition) is 1. The molecule has 0 aromatic heterocycles. The molecule has 500 valence electrons. The van der Waals surface area contributed by atoms with Crippen molar-refractivity contribution in [2.75, 3.05) is 13.2 Å². The van der Waals surface area contributed by atoms with Gasteiger partial charge in [-0.2, -0.15) is 0 Å². The monoisotopic (exact) mass is 1200 g/mol. The Balaban J connectivity index is 3.39. The van der Waals surface area contributed by atoms with Crippen LogP contribution in [0.15, 0.2) is 85.1 Å². The van der Waals surface area contributed by atoms with E-state index >= 15 is 0 Å². The number of ether oxygens (including phenoxy) is 2. The summed E-state index contributed by atoms with van der Waals surface area (Å²) >= 11 is 0. The largest absolute Gasteiger partial charge is 0.462 e. The zero-order valence-corrected chi connectivity index (χ0v) is 57.6. The van der Waals surface area contributed by atoms with Crippen LogP contribution in [0.5, 0.6) is 0 Å². The predicted molar refractivity (Wildman–Crippen MR) is 380 cm³/mol. The van der Waals surface area contributed by atoms with Crippen LogP contribution in [-0.4, -0.2) is 36.4 Å². The first-order chi connectivity index (χ1) is 42.6. The molecule has 1 N–H and O–H groups in total. The zero-order chi connectivity index (χ0) is 61.9. The quantitative estimate of drug-likeness (QED) is 0.0373. The van der Waals surface area contributed by atoms with Gasteiger partial charge < -0.3 is 14.6 Å². The van der Waals surface area contributed by atoms with Crippen molar-refractivity contribution < 1.29 is 24.2 Å². The number of carbonyl (C=O) groups is 2. The molecule has 0 aliphatic carbocycles. The van der Waals surface area contributed by atoms with Crippen LogP contribution in [0.4, 0.5) is 0 Å². The summed E-state index contributed by atoms with van der Waals surface area (Å²) in [6.45, 7) is 4.07. The van der Waals surface area contributed by atoms with E-state index in [1.165, 1.54) is 295 Å². The maximum atomic E-state index is 12.4. The molecule has 0 aromatic rings. The van der Waals surface area contributed by atoms with Crippen molar-refractivity contribution in [2.24, 2.45) is 0 Å². The number of aliphatic hydroxyl groups excluding tert-OH is 1. The van der Waals surface area contributed by atoms with Gasteiger partial charge in [-0.25, -0.2) is 0 Å². The van der Waals surface area contributed by atoms with E-state index in [2.05, 4.69) is 98.9 Å². The Morgan fingerprint density at radius 2 is 0.500 bits per heavy atom. The average molecular weight is 1200 g/mol. The first-order valence-corrected chi connectivity index (χ1v) is 38.1. The number of allylic oxidation sites excluding steroid dienone is 14. The maximum Gasteiger partial charge on any atom is 0.306 e. The van der Waals surface area contributed by atoms with Crippen LogP contribution in [0.1, 0.15) is 399 Å². The minimum Gasteiger partial charge on any atom is -0.462 e. The summed E-state index contributed by atoms with van der Waals surface area (Å²) in [7, 11) is 0. The van der Waals surface area contributed by atoms with E-state index in [9.17, 15) is 14.7 Å². The molecule has 86 heavy (non-hydrogen) atoms. The van der Waals surface area contributed by atoms with Crippen LogP contribution >= 0.6 is 0 Å². The Kier molecular flexibility index (Phi) is 73.7. The third-order valence-electron chi connectivity index (χ3n) is 17.2. The minimum absolute atomic E-state index is 0.0617. The van der Waals surface area contributed by atoms with E-state index in [0.29, 0.717) is 12.8 Å². The van der Waals surface area contributed by atoms with Crippen molar-refractivity contribution in [3.63, 3.8) is 0 Å². The molecule has 0 aliphatic heterocycles. The van der Waals surface area contributed by atoms with Gasteiger partial charge in [0.1, 0.15) is 6.61 Å². The fourth-order valence-corrected chi connectivity index (χ4v) is 11.5. The van der Waals surface area contributed by atoms with Gasteiger partial charge in [0.25, 0.3) is 0 Å². The topological polar surface area (TPSA) is 72.8 Å². The number of unbranched alkanes of at least 4 members (excludes halogenated alkanes) is 49. The van der Waals surface area contributed by atoms with Gasteiger partial charge in [0, 0.05) is 12.8 Å². The van der Waals surface area contributed by atoms with Gasteiger partial charge in [0.05, 0.1) is 6.61 Å². The molecule has 5 heteroatoms. The third-order valence-corrected chi connectivity index (χ3v) is 17.2. The second kappa shape index (κ2) is 76.3. The molecule has 1 unspecified atom stereocenters. The van der Waals surface area contributed by atoms with Crippen molar-refractivity contribution in [3.8, 4) is 0 Å². The van der Waals surface area contributed by atoms with Gasteiger partial charge in [-0.3, -0.25) is 9.59 Å². The first-order valence-electron chi connectivity index (χ1n) is 38.1. The molecule has 0 heterocycles. The second-order valence-electron chi connectivity index (χ2n) is 25.7. The zero-order valence-electron chi connectivity index (χ0n) is 57.6. The number of hydrogen-bond acceptors (Lipinski definition) is 5. The van der Waals surface area contributed by atoms with Crippen molar-refractivity contribution in [2.45, 2.75) is 405 Å². The fraction of sp³-hybridized carbons (Fsp3) is 0.802. The number of esters is 2. The summed E-state index contributed by atoms with van der Waals surface area (Å²) in [5.74, 6) is -0.569. The number of aliphatic hydroxyl groups is 1. The summed E-state index contributed by atoms with van der Waals surface area (Å²) < 4.78 is 10.8. The van der Waals surface area contributed by atoms with Gasteiger partial charge >= 0.3 is 11.9 Å². The smallest absolute Gasteiger partial charge is 0.306 e. The van der Waals surface area contributed by atoms with E-state index in [4.69, 9.17) is 9.47 Å². The van der Waals surface area contributed by atoms with Gasteiger partial charge in [-0.05, 0) is 89.9 Å². The molecular formula is C81H146O5. The average Bonchev–Trinajstić information content (AvgIpc) is 3.55. The molecular weight excluding hydrogens is 1050 g/mol. The SMILES string of the molecule is CC/C=C\C/C=C\C/C=C\C/C=C\CCCCCCCCCCCCCCCCCCCCCCCCC(=O)OC(CO)COC(=O)CCCCCCCCCCCCCCCCCCCCCCCC/C=C\C/C=C\C/C=C\CCCCCCC. The molecule has 0 aliphatic rings. The molecule has 0 aromatic carbocycles. The summed E-state index contributed by atoms with van der Waals surface area (Å²) in [4.78, 5) is 24.7. The standard InChI is InChI=1S/C81H146O5/c1-3-5-7-9-11-13-15-17-19-21-23-25-27-29-31-33-35-37-39-40-42-43-45-47-49-51-53-55-57-59-61-63-65-67-69-71-73-75-80(83)85-78-79(77-82)86-81(84)76-74-72-70-68-66-64-62-60-58-56-54-52-50-48-46-44-41-38-36-34-32-30-28-26-24-22-20-18-16-14-12-10-8-6-4-2/h6,8,12,14-15,17-18,20-21,23-24,26-27,29,79,82H,3-5,7,9-11,13,16,19,22,25,28,30-78H2,1-2H3/b8-6-,14-12-,17-15-,20-18-,23-21-,26-24-,29-27-. The lowest BCUT2D eigenvalue weighted by Crippen LogP contribution is -2.28. The van der Waals surface area contributed by atoms with E-state index in [0.717, 1.165) is 77.0 Å². The van der Waals surface area contributed by atoms with Crippen LogP contribution in [0.2, 0.25) is 0 Å². The molecule has 0 fully saturated rings. The predicted octanol–water partition coefficient (Wildman–Crippen LogP) is 26.8. The highest BCUT2D eigenvalue weighted by atomic mass is 16.6. The van der Waals surface area contributed by atoms with E-state index < -0.39 is 6.10 Å². The summed E-state index contributed by atoms with van der Waals surface area (Å²) in [6.07, 6.45) is 108. The Bertz CT molecular complexity index is 1550. The lowest BCUT2D eigenvalue weighted by Gasteiger charge is -2.15. The maximum absolute atomic E-state index is 12.4. The Morgan fingerprint density at radius 1 is 0.279 bits per heavy atom. The summed E-state index contributed by atoms with van der Waals surface area (Å²) in [5.41, 5.74) is 0. The lowest BCUT2D eigenvalue weighted by atomic mass is 10.0. The molecule has 0 rings (SSSR count). The first kappa shape index (κ1) is 83.1. The summed E-state index contributed by atoms with van der Waals surface area (Å²) in [5, 5.41) is 9.72. The molecule has 0 saturated carbocycles. The summed E-state index contributed by atoms with van der Waals surface area (Å²) in [6, 6.07) is 0. The Morgan fingerprint density at radius 3 is 0.756 bits per heavy atom. The molecule has 0 saturated heterocycles. The van der Waals surface area contributed by atoms with Crippen LogP contribution in [0, 0.1) is 0 Å². The van der Waals surface area contributed by atoms with Crippen molar-refractivity contribution in [3.05, 3.63) is 85.1 Å². The molecule has 1 atom stereocenters. The van der Waals surface area contributed by atoms with Crippen molar-refractivity contribution >= 4 is 11.9 Å². The Hall–Kier alpha value is -2.92. The van der Waals surface area contributed by atoms with Gasteiger partial charge in [0.2, 0.25) is 0 Å². The molecule has 0 bridgehead atoms. The Labute approximate surface area is 536 Å². The second-order valence-corrected chi connectivity index (χ2v) is 25.7. The highest BCUT2D eigenvalue weighted by molar-refractivity contribution is 5.70. The fourth-order valence-electron chi connectivity index (χ4n) is 11.5. The molecule has 5 nitrogen and oxygen atoms in total.